The van der Waals surface area contributed by atoms with Gasteiger partial charge in [-0.05, 0) is 66.0 Å². The van der Waals surface area contributed by atoms with Crippen molar-refractivity contribution in [1.82, 2.24) is 4.98 Å². The highest BCUT2D eigenvalue weighted by Gasteiger charge is 2.36. The van der Waals surface area contributed by atoms with Crippen LogP contribution < -0.4 is 16.0 Å². The Kier molecular flexibility index (Phi) is 8.71. The molecule has 0 atom stereocenters. The molecule has 2 heterocycles. The first-order valence-electron chi connectivity index (χ1n) is 11.3. The van der Waals surface area contributed by atoms with E-state index in [1.807, 2.05) is 24.3 Å². The average Bonchev–Trinajstić information content (AvgIpc) is 3.29. The summed E-state index contributed by atoms with van der Waals surface area (Å²) in [7, 11) is -1.76. The molecule has 0 aliphatic carbocycles. The van der Waals surface area contributed by atoms with Crippen LogP contribution in [0.4, 0.5) is 17.2 Å². The first kappa shape index (κ1) is 26.9. The minimum absolute atomic E-state index is 0.183. The molecule has 7 nitrogen and oxygen atoms in total. The molecule has 3 rings (SSSR count). The summed E-state index contributed by atoms with van der Waals surface area (Å²) in [6.45, 7) is 12.5. The molecule has 10 heteroatoms. The summed E-state index contributed by atoms with van der Waals surface area (Å²) in [5.74, 6) is -0.402. The van der Waals surface area contributed by atoms with E-state index in [1.165, 1.54) is 17.5 Å². The van der Waals surface area contributed by atoms with Crippen LogP contribution in [0.5, 0.6) is 0 Å². The third-order valence-electron chi connectivity index (χ3n) is 5.93. The quantitative estimate of drug-likeness (QED) is 0.210. The van der Waals surface area contributed by atoms with Crippen molar-refractivity contribution >= 4 is 60.3 Å². The predicted octanol–water partition coefficient (Wildman–Crippen LogP) is 6.73. The van der Waals surface area contributed by atoms with Crippen LogP contribution >= 0.6 is 22.9 Å². The number of amides is 2. The molecule has 0 bridgehead atoms. The maximum absolute atomic E-state index is 12.8. The second-order valence-corrected chi connectivity index (χ2v) is 15.7. The number of carbonyl (C=O) groups excluding carboxylic acids is 2. The summed E-state index contributed by atoms with van der Waals surface area (Å²) >= 11 is 7.02. The van der Waals surface area contributed by atoms with Gasteiger partial charge in [-0.15, -0.1) is 11.3 Å². The molecular formula is C25H31ClN4O3SSi. The predicted molar refractivity (Wildman–Crippen MR) is 148 cm³/mol. The maximum atomic E-state index is 12.8. The van der Waals surface area contributed by atoms with Crippen molar-refractivity contribution in [2.24, 2.45) is 0 Å². The van der Waals surface area contributed by atoms with E-state index >= 15 is 0 Å². The number of nitrogens with one attached hydrogen (secondary N) is 3. The Morgan fingerprint density at radius 2 is 1.69 bits per heavy atom. The SMILES string of the molecule is CC(C)(C)[Si](C)(C)OCCNc1ccc(NC(=O)c2ccsc2C(=O)Nc2ccc(Cl)cn2)cc1. The lowest BCUT2D eigenvalue weighted by atomic mass is 10.2. The van der Waals surface area contributed by atoms with Gasteiger partial charge in [0.15, 0.2) is 8.32 Å². The molecule has 2 amide bonds. The normalized spacial score (nSPS) is 11.7. The Balaban J connectivity index is 1.53. The fourth-order valence-electron chi connectivity index (χ4n) is 2.87. The van der Waals surface area contributed by atoms with Gasteiger partial charge in [0.1, 0.15) is 10.7 Å². The topological polar surface area (TPSA) is 92.4 Å². The molecule has 0 unspecified atom stereocenters. The van der Waals surface area contributed by atoms with Crippen LogP contribution in [0.3, 0.4) is 0 Å². The van der Waals surface area contributed by atoms with Crippen molar-refractivity contribution in [3.8, 4) is 0 Å². The standard InChI is InChI=1S/C25H31ClN4O3SSi/c1-25(2,3)35(4,5)33-14-13-27-18-7-9-19(10-8-18)29-23(31)20-12-15-34-22(20)24(32)30-21-11-6-17(26)16-28-21/h6-12,15-16,27H,13-14H2,1-5H3,(H,29,31)(H,28,30,32). The smallest absolute Gasteiger partial charge is 0.267 e. The van der Waals surface area contributed by atoms with Crippen LogP contribution in [0.15, 0.2) is 54.0 Å². The van der Waals surface area contributed by atoms with Gasteiger partial charge >= 0.3 is 0 Å². The molecule has 0 radical (unpaired) electrons. The van der Waals surface area contributed by atoms with Crippen LogP contribution in [0.25, 0.3) is 0 Å². The van der Waals surface area contributed by atoms with Gasteiger partial charge in [0.2, 0.25) is 0 Å². The lowest BCUT2D eigenvalue weighted by molar-refractivity contribution is 0.0993. The van der Waals surface area contributed by atoms with Crippen LogP contribution in [-0.2, 0) is 4.43 Å². The number of thiophene rings is 1. The zero-order valence-corrected chi connectivity index (χ0v) is 23.1. The first-order chi connectivity index (χ1) is 16.5. The lowest BCUT2D eigenvalue weighted by Crippen LogP contribution is -2.41. The van der Waals surface area contributed by atoms with Gasteiger partial charge < -0.3 is 20.4 Å². The van der Waals surface area contributed by atoms with Crippen LogP contribution in [0.1, 0.15) is 40.8 Å². The summed E-state index contributed by atoms with van der Waals surface area (Å²) in [6.07, 6.45) is 1.44. The Morgan fingerprint density at radius 1 is 1.00 bits per heavy atom. The molecule has 0 saturated heterocycles. The van der Waals surface area contributed by atoms with Crippen molar-refractivity contribution in [3.05, 3.63) is 69.5 Å². The fraction of sp³-hybridized carbons (Fsp3) is 0.320. The van der Waals surface area contributed by atoms with Crippen LogP contribution in [0.2, 0.25) is 23.2 Å². The molecule has 0 aliphatic heterocycles. The summed E-state index contributed by atoms with van der Waals surface area (Å²) in [5, 5.41) is 11.2. The van der Waals surface area contributed by atoms with Crippen LogP contribution in [-0.4, -0.2) is 38.3 Å². The molecule has 1 aromatic carbocycles. The van der Waals surface area contributed by atoms with E-state index in [1.54, 1.807) is 23.6 Å². The zero-order chi connectivity index (χ0) is 25.6. The Morgan fingerprint density at radius 3 is 2.31 bits per heavy atom. The number of aromatic nitrogens is 1. The van der Waals surface area contributed by atoms with Crippen LogP contribution in [0, 0.1) is 0 Å². The zero-order valence-electron chi connectivity index (χ0n) is 20.6. The number of rotatable bonds is 9. The summed E-state index contributed by atoms with van der Waals surface area (Å²) in [6, 6.07) is 12.3. The largest absolute Gasteiger partial charge is 0.415 e. The number of hydrogen-bond acceptors (Lipinski definition) is 6. The van der Waals surface area contributed by atoms with Crippen molar-refractivity contribution in [1.29, 1.82) is 0 Å². The van der Waals surface area contributed by atoms with E-state index in [2.05, 4.69) is 54.8 Å². The number of halogens is 1. The molecular weight excluding hydrogens is 500 g/mol. The van der Waals surface area contributed by atoms with E-state index in [0.717, 1.165) is 5.69 Å². The van der Waals surface area contributed by atoms with Crippen molar-refractivity contribution in [2.75, 3.05) is 29.1 Å². The van der Waals surface area contributed by atoms with Gasteiger partial charge in [0.25, 0.3) is 11.8 Å². The van der Waals surface area contributed by atoms with Crippen molar-refractivity contribution in [3.63, 3.8) is 0 Å². The van der Waals surface area contributed by atoms with Gasteiger partial charge in [0, 0.05) is 24.1 Å². The minimum atomic E-state index is -1.76. The molecule has 0 spiro atoms. The molecule has 0 fully saturated rings. The summed E-state index contributed by atoms with van der Waals surface area (Å²) in [5.41, 5.74) is 1.87. The molecule has 2 aromatic heterocycles. The van der Waals surface area contributed by atoms with Crippen molar-refractivity contribution < 1.29 is 14.0 Å². The molecule has 0 saturated carbocycles. The van der Waals surface area contributed by atoms with E-state index in [4.69, 9.17) is 16.0 Å². The highest BCUT2D eigenvalue weighted by molar-refractivity contribution is 7.12. The highest BCUT2D eigenvalue weighted by Crippen LogP contribution is 2.36. The second kappa shape index (κ2) is 11.3. The van der Waals surface area contributed by atoms with E-state index in [0.29, 0.717) is 40.1 Å². The fourth-order valence-corrected chi connectivity index (χ4v) is 4.82. The number of anilines is 3. The Labute approximate surface area is 216 Å². The third-order valence-corrected chi connectivity index (χ3v) is 11.6. The number of pyridine rings is 1. The van der Waals surface area contributed by atoms with Gasteiger partial charge in [-0.3, -0.25) is 9.59 Å². The van der Waals surface area contributed by atoms with Gasteiger partial charge in [-0.1, -0.05) is 32.4 Å². The summed E-state index contributed by atoms with van der Waals surface area (Å²) < 4.78 is 6.18. The first-order valence-corrected chi connectivity index (χ1v) is 15.4. The van der Waals surface area contributed by atoms with E-state index in [-0.39, 0.29) is 10.9 Å². The van der Waals surface area contributed by atoms with Crippen molar-refractivity contribution in [2.45, 2.75) is 38.9 Å². The minimum Gasteiger partial charge on any atom is -0.415 e. The van der Waals surface area contributed by atoms with E-state index < -0.39 is 14.2 Å². The van der Waals surface area contributed by atoms with Gasteiger partial charge in [-0.25, -0.2) is 4.98 Å². The molecule has 186 valence electrons. The molecule has 3 N–H and O–H groups in total. The molecule has 0 aliphatic rings. The second-order valence-electron chi connectivity index (χ2n) is 9.55. The Bertz CT molecular complexity index is 1160. The lowest BCUT2D eigenvalue weighted by Gasteiger charge is -2.36. The van der Waals surface area contributed by atoms with Gasteiger partial charge in [0.05, 0.1) is 17.2 Å². The van der Waals surface area contributed by atoms with Gasteiger partial charge in [-0.2, -0.15) is 0 Å². The highest BCUT2D eigenvalue weighted by atomic mass is 35.5. The molecule has 35 heavy (non-hydrogen) atoms. The number of nitrogens with zero attached hydrogens (tertiary/aromatic N) is 1. The summed E-state index contributed by atoms with van der Waals surface area (Å²) in [4.78, 5) is 29.8. The number of hydrogen-bond donors (Lipinski definition) is 3. The maximum Gasteiger partial charge on any atom is 0.267 e. The molecule has 3 aromatic rings. The average molecular weight is 531 g/mol. The monoisotopic (exact) mass is 530 g/mol. The number of benzene rings is 1. The van der Waals surface area contributed by atoms with E-state index in [9.17, 15) is 9.59 Å². The number of carbonyl (C=O) groups is 2. The Hall–Kier alpha value is -2.72. The third kappa shape index (κ3) is 7.38.